The molecule has 1 heterocycles. The Hall–Kier alpha value is -0.300. The zero-order chi connectivity index (χ0) is 6.27. The van der Waals surface area contributed by atoms with Gasteiger partial charge in [-0.2, -0.15) is 0 Å². The molecule has 1 nitrogen and oxygen atoms in total. The van der Waals surface area contributed by atoms with E-state index in [1.165, 1.54) is 18.8 Å². The van der Waals surface area contributed by atoms with Crippen molar-refractivity contribution in [3.05, 3.63) is 18.6 Å². The Kier molecular flexibility index (Phi) is 1.12. The van der Waals surface area contributed by atoms with Crippen molar-refractivity contribution in [3.8, 4) is 0 Å². The van der Waals surface area contributed by atoms with Crippen LogP contribution in [-0.4, -0.2) is 12.2 Å². The SMILES string of the molecule is C=C[C]1CCC2OC2C1. The van der Waals surface area contributed by atoms with Gasteiger partial charge in [0, 0.05) is 0 Å². The third kappa shape index (κ3) is 0.897. The van der Waals surface area contributed by atoms with Crippen molar-refractivity contribution in [2.45, 2.75) is 31.5 Å². The first kappa shape index (κ1) is 5.48. The molecule has 0 bridgehead atoms. The average Bonchev–Trinajstić information content (AvgIpc) is 2.64. The van der Waals surface area contributed by atoms with Gasteiger partial charge >= 0.3 is 0 Å². The minimum atomic E-state index is 0.576. The number of rotatable bonds is 1. The minimum absolute atomic E-state index is 0.576. The predicted octanol–water partition coefficient (Wildman–Crippen LogP) is 1.70. The van der Waals surface area contributed by atoms with Crippen molar-refractivity contribution in [1.82, 2.24) is 0 Å². The highest BCUT2D eigenvalue weighted by Crippen LogP contribution is 2.40. The number of fused-ring (bicyclic) bond motifs is 1. The van der Waals surface area contributed by atoms with Crippen molar-refractivity contribution in [3.63, 3.8) is 0 Å². The van der Waals surface area contributed by atoms with Crippen LogP contribution in [0.15, 0.2) is 12.7 Å². The number of hydrogen-bond donors (Lipinski definition) is 0. The summed E-state index contributed by atoms with van der Waals surface area (Å²) < 4.78 is 5.34. The van der Waals surface area contributed by atoms with E-state index in [1.54, 1.807) is 0 Å². The van der Waals surface area contributed by atoms with Gasteiger partial charge in [-0.3, -0.25) is 0 Å². The molecule has 1 aliphatic carbocycles. The highest BCUT2D eigenvalue weighted by atomic mass is 16.6. The van der Waals surface area contributed by atoms with Gasteiger partial charge in [-0.25, -0.2) is 0 Å². The van der Waals surface area contributed by atoms with Crippen molar-refractivity contribution < 1.29 is 4.74 Å². The first-order valence-electron chi connectivity index (χ1n) is 3.53. The van der Waals surface area contributed by atoms with Crippen molar-refractivity contribution in [2.24, 2.45) is 0 Å². The third-order valence-electron chi connectivity index (χ3n) is 2.19. The van der Waals surface area contributed by atoms with Gasteiger partial charge in [-0.05, 0) is 25.2 Å². The van der Waals surface area contributed by atoms with Crippen molar-refractivity contribution >= 4 is 0 Å². The van der Waals surface area contributed by atoms with Crippen LogP contribution in [0.4, 0.5) is 0 Å². The van der Waals surface area contributed by atoms with Crippen LogP contribution in [0.1, 0.15) is 19.3 Å². The Morgan fingerprint density at radius 3 is 3.11 bits per heavy atom. The van der Waals surface area contributed by atoms with E-state index in [4.69, 9.17) is 4.74 Å². The maximum Gasteiger partial charge on any atom is 0.0850 e. The summed E-state index contributed by atoms with van der Waals surface area (Å²) in [6.45, 7) is 3.74. The van der Waals surface area contributed by atoms with E-state index in [-0.39, 0.29) is 0 Å². The number of allylic oxidation sites excluding steroid dienone is 1. The molecule has 9 heavy (non-hydrogen) atoms. The van der Waals surface area contributed by atoms with Crippen LogP contribution in [0, 0.1) is 5.92 Å². The Bertz CT molecular complexity index is 131. The van der Waals surface area contributed by atoms with E-state index in [0.29, 0.717) is 12.2 Å². The fourth-order valence-corrected chi connectivity index (χ4v) is 1.49. The van der Waals surface area contributed by atoms with Gasteiger partial charge in [0.05, 0.1) is 12.2 Å². The Morgan fingerprint density at radius 1 is 1.56 bits per heavy atom. The lowest BCUT2D eigenvalue weighted by Crippen LogP contribution is -2.08. The van der Waals surface area contributed by atoms with Gasteiger partial charge < -0.3 is 4.74 Å². The van der Waals surface area contributed by atoms with Gasteiger partial charge in [-0.1, -0.05) is 6.08 Å². The topological polar surface area (TPSA) is 12.5 Å². The normalized spacial score (nSPS) is 41.8. The van der Waals surface area contributed by atoms with Crippen LogP contribution < -0.4 is 0 Å². The lowest BCUT2D eigenvalue weighted by molar-refractivity contribution is 0.373. The van der Waals surface area contributed by atoms with Gasteiger partial charge in [0.25, 0.3) is 0 Å². The summed E-state index contributed by atoms with van der Waals surface area (Å²) in [6, 6.07) is 0. The molecule has 2 fully saturated rings. The summed E-state index contributed by atoms with van der Waals surface area (Å²) in [5, 5.41) is 0. The monoisotopic (exact) mass is 123 g/mol. The van der Waals surface area contributed by atoms with Crippen LogP contribution in [0.5, 0.6) is 0 Å². The summed E-state index contributed by atoms with van der Waals surface area (Å²) in [4.78, 5) is 0. The van der Waals surface area contributed by atoms with Crippen LogP contribution in [0.25, 0.3) is 0 Å². The minimum Gasteiger partial charge on any atom is -0.370 e. The second-order valence-electron chi connectivity index (χ2n) is 2.82. The first-order valence-corrected chi connectivity index (χ1v) is 3.53. The van der Waals surface area contributed by atoms with E-state index >= 15 is 0 Å². The van der Waals surface area contributed by atoms with Crippen LogP contribution >= 0.6 is 0 Å². The van der Waals surface area contributed by atoms with E-state index in [1.807, 2.05) is 6.08 Å². The molecular formula is C8H11O. The fraction of sp³-hybridized carbons (Fsp3) is 0.625. The molecule has 0 aromatic carbocycles. The van der Waals surface area contributed by atoms with Crippen LogP contribution in [0.2, 0.25) is 0 Å². The fourth-order valence-electron chi connectivity index (χ4n) is 1.49. The summed E-state index contributed by atoms with van der Waals surface area (Å²) in [6.07, 6.45) is 6.77. The molecule has 0 amide bonds. The van der Waals surface area contributed by atoms with E-state index < -0.39 is 0 Å². The maximum absolute atomic E-state index is 5.34. The summed E-state index contributed by atoms with van der Waals surface area (Å²) in [7, 11) is 0. The Morgan fingerprint density at radius 2 is 2.44 bits per heavy atom. The standard InChI is InChI=1S/C8H11O/c1-2-6-3-4-7-8(5-6)9-7/h2,7-8H,1,3-5H2. The average molecular weight is 123 g/mol. The molecule has 1 heteroatoms. The zero-order valence-corrected chi connectivity index (χ0v) is 5.47. The number of epoxide rings is 1. The second-order valence-corrected chi connectivity index (χ2v) is 2.82. The van der Waals surface area contributed by atoms with E-state index in [2.05, 4.69) is 6.58 Å². The molecule has 1 radical (unpaired) electrons. The Balaban J connectivity index is 1.93. The van der Waals surface area contributed by atoms with Crippen molar-refractivity contribution in [2.75, 3.05) is 0 Å². The number of hydrogen-bond acceptors (Lipinski definition) is 1. The molecule has 0 spiro atoms. The predicted molar refractivity (Wildman–Crippen MR) is 36.0 cm³/mol. The quantitative estimate of drug-likeness (QED) is 0.483. The molecule has 0 aromatic rings. The van der Waals surface area contributed by atoms with E-state index in [9.17, 15) is 0 Å². The molecule has 2 rings (SSSR count). The molecule has 0 N–H and O–H groups in total. The molecule has 49 valence electrons. The molecule has 2 unspecified atom stereocenters. The van der Waals surface area contributed by atoms with Gasteiger partial charge in [0.2, 0.25) is 0 Å². The lowest BCUT2D eigenvalue weighted by Gasteiger charge is -2.12. The molecule has 1 saturated carbocycles. The van der Waals surface area contributed by atoms with Crippen LogP contribution in [0.3, 0.4) is 0 Å². The lowest BCUT2D eigenvalue weighted by atomic mass is 9.90. The van der Waals surface area contributed by atoms with Gasteiger partial charge in [-0.15, -0.1) is 6.58 Å². The Labute approximate surface area is 55.7 Å². The van der Waals surface area contributed by atoms with E-state index in [0.717, 1.165) is 6.42 Å². The molecule has 2 atom stereocenters. The summed E-state index contributed by atoms with van der Waals surface area (Å²) >= 11 is 0. The maximum atomic E-state index is 5.34. The molecule has 1 saturated heterocycles. The summed E-state index contributed by atoms with van der Waals surface area (Å²) in [5.41, 5.74) is 0. The highest BCUT2D eigenvalue weighted by molar-refractivity contribution is 5.14. The van der Waals surface area contributed by atoms with Crippen molar-refractivity contribution in [1.29, 1.82) is 0 Å². The third-order valence-corrected chi connectivity index (χ3v) is 2.19. The highest BCUT2D eigenvalue weighted by Gasteiger charge is 2.43. The molecule has 1 aliphatic heterocycles. The second kappa shape index (κ2) is 1.84. The zero-order valence-electron chi connectivity index (χ0n) is 5.47. The number of ether oxygens (including phenoxy) is 1. The first-order chi connectivity index (χ1) is 4.40. The molecule has 2 aliphatic rings. The largest absolute Gasteiger partial charge is 0.370 e. The molecule has 0 aromatic heterocycles. The summed E-state index contributed by atoms with van der Waals surface area (Å²) in [5.74, 6) is 1.48. The molecular weight excluding hydrogens is 112 g/mol. The van der Waals surface area contributed by atoms with Gasteiger partial charge in [0.15, 0.2) is 0 Å². The smallest absolute Gasteiger partial charge is 0.0850 e. The van der Waals surface area contributed by atoms with Gasteiger partial charge in [0.1, 0.15) is 0 Å². The van der Waals surface area contributed by atoms with Crippen LogP contribution in [-0.2, 0) is 4.74 Å².